The maximum absolute atomic E-state index is 5.58. The Morgan fingerprint density at radius 3 is 2.14 bits per heavy atom. The van der Waals surface area contributed by atoms with Crippen LogP contribution in [0.2, 0.25) is 0 Å². The van der Waals surface area contributed by atoms with Gasteiger partial charge in [0, 0.05) is 46.8 Å². The minimum Gasteiger partial charge on any atom is -0.381 e. The molecule has 0 aliphatic carbocycles. The van der Waals surface area contributed by atoms with Gasteiger partial charge in [-0.05, 0) is 18.4 Å². The molecule has 1 fully saturated rings. The molecule has 21 heavy (non-hydrogen) atoms. The van der Waals surface area contributed by atoms with Crippen LogP contribution in [0.1, 0.15) is 18.4 Å². The summed E-state index contributed by atoms with van der Waals surface area (Å²) in [7, 11) is 8.16. The monoisotopic (exact) mass is 289 g/mol. The van der Waals surface area contributed by atoms with Crippen LogP contribution in [-0.4, -0.2) is 63.7 Å². The molecule has 116 valence electrons. The highest BCUT2D eigenvalue weighted by atomic mass is 16.5. The third-order valence-electron chi connectivity index (χ3n) is 4.16. The van der Waals surface area contributed by atoms with Crippen LogP contribution < -0.4 is 0 Å². The summed E-state index contributed by atoms with van der Waals surface area (Å²) >= 11 is 0. The smallest absolute Gasteiger partial charge is 0.195 e. The van der Waals surface area contributed by atoms with Gasteiger partial charge in [-0.3, -0.25) is 4.99 Å². The molecular formula is C17H27N3O. The van der Waals surface area contributed by atoms with Gasteiger partial charge in [-0.25, -0.2) is 0 Å². The fraction of sp³-hybridized carbons (Fsp3) is 0.588. The first kappa shape index (κ1) is 15.8. The summed E-state index contributed by atoms with van der Waals surface area (Å²) in [6.07, 6.45) is 2.07. The Bertz CT molecular complexity index is 452. The molecule has 0 unspecified atom stereocenters. The van der Waals surface area contributed by atoms with E-state index < -0.39 is 0 Å². The normalized spacial score (nSPS) is 17.1. The number of rotatable bonds is 3. The van der Waals surface area contributed by atoms with E-state index in [9.17, 15) is 0 Å². The van der Waals surface area contributed by atoms with E-state index >= 15 is 0 Å². The van der Waals surface area contributed by atoms with Crippen molar-refractivity contribution in [2.75, 3.05) is 47.9 Å². The number of hydrogen-bond acceptors (Lipinski definition) is 2. The number of hydrogen-bond donors (Lipinski definition) is 0. The molecular weight excluding hydrogens is 262 g/mol. The van der Waals surface area contributed by atoms with Crippen LogP contribution >= 0.6 is 0 Å². The number of nitrogens with zero attached hydrogens (tertiary/aromatic N) is 3. The van der Waals surface area contributed by atoms with E-state index in [0.717, 1.165) is 38.6 Å². The van der Waals surface area contributed by atoms with E-state index in [2.05, 4.69) is 40.1 Å². The number of ether oxygens (including phenoxy) is 1. The predicted molar refractivity (Wildman–Crippen MR) is 87.8 cm³/mol. The SMILES string of the molecule is CN(C)C(=NCC1(c2ccccc2)CCOCC1)N(C)C. The van der Waals surface area contributed by atoms with Crippen LogP contribution in [0.4, 0.5) is 0 Å². The van der Waals surface area contributed by atoms with E-state index in [0.29, 0.717) is 0 Å². The Morgan fingerprint density at radius 1 is 1.05 bits per heavy atom. The minimum absolute atomic E-state index is 0.108. The lowest BCUT2D eigenvalue weighted by atomic mass is 9.74. The largest absolute Gasteiger partial charge is 0.381 e. The van der Waals surface area contributed by atoms with Crippen molar-refractivity contribution in [2.45, 2.75) is 18.3 Å². The molecule has 0 aromatic heterocycles. The highest BCUT2D eigenvalue weighted by molar-refractivity contribution is 5.79. The first-order chi connectivity index (χ1) is 10.1. The Kier molecular flexibility index (Phi) is 5.23. The van der Waals surface area contributed by atoms with Crippen molar-refractivity contribution in [3.8, 4) is 0 Å². The van der Waals surface area contributed by atoms with E-state index in [1.54, 1.807) is 0 Å². The highest BCUT2D eigenvalue weighted by Crippen LogP contribution is 2.35. The Labute approximate surface area is 128 Å². The third-order valence-corrected chi connectivity index (χ3v) is 4.16. The Morgan fingerprint density at radius 2 is 1.62 bits per heavy atom. The van der Waals surface area contributed by atoms with E-state index in [1.165, 1.54) is 5.56 Å². The zero-order chi connectivity index (χ0) is 15.3. The highest BCUT2D eigenvalue weighted by Gasteiger charge is 2.34. The second-order valence-electron chi connectivity index (χ2n) is 6.16. The molecule has 0 radical (unpaired) electrons. The van der Waals surface area contributed by atoms with Crippen molar-refractivity contribution < 1.29 is 4.74 Å². The number of guanidine groups is 1. The Balaban J connectivity index is 2.27. The summed E-state index contributed by atoms with van der Waals surface area (Å²) in [5.74, 6) is 1.01. The first-order valence-electron chi connectivity index (χ1n) is 7.57. The quantitative estimate of drug-likeness (QED) is 0.631. The molecule has 2 rings (SSSR count). The van der Waals surface area contributed by atoms with Gasteiger partial charge in [-0.15, -0.1) is 0 Å². The lowest BCUT2D eigenvalue weighted by molar-refractivity contribution is 0.0530. The zero-order valence-electron chi connectivity index (χ0n) is 13.7. The van der Waals surface area contributed by atoms with Gasteiger partial charge >= 0.3 is 0 Å². The predicted octanol–water partition coefficient (Wildman–Crippen LogP) is 2.21. The molecule has 0 bridgehead atoms. The molecule has 1 heterocycles. The van der Waals surface area contributed by atoms with Crippen molar-refractivity contribution in [3.63, 3.8) is 0 Å². The second-order valence-corrected chi connectivity index (χ2v) is 6.16. The van der Waals surface area contributed by atoms with E-state index in [-0.39, 0.29) is 5.41 Å². The maximum Gasteiger partial charge on any atom is 0.195 e. The average Bonchev–Trinajstić information content (AvgIpc) is 2.48. The van der Waals surface area contributed by atoms with Gasteiger partial charge in [0.15, 0.2) is 5.96 Å². The standard InChI is InChI=1S/C17H27N3O/c1-19(2)16(20(3)4)18-14-17(10-12-21-13-11-17)15-8-6-5-7-9-15/h5-9H,10-14H2,1-4H3. The zero-order valence-corrected chi connectivity index (χ0v) is 13.7. The van der Waals surface area contributed by atoms with Gasteiger partial charge in [0.25, 0.3) is 0 Å². The summed E-state index contributed by atoms with van der Waals surface area (Å²) in [4.78, 5) is 9.04. The lowest BCUT2D eigenvalue weighted by Gasteiger charge is -2.37. The molecule has 0 atom stereocenters. The maximum atomic E-state index is 5.58. The summed E-state index contributed by atoms with van der Waals surface area (Å²) in [6.45, 7) is 2.46. The molecule has 1 aliphatic heterocycles. The van der Waals surface area contributed by atoms with Crippen LogP contribution in [0.15, 0.2) is 35.3 Å². The van der Waals surface area contributed by atoms with Gasteiger partial charge in [0.05, 0.1) is 6.54 Å². The minimum atomic E-state index is 0.108. The molecule has 4 nitrogen and oxygen atoms in total. The van der Waals surface area contributed by atoms with E-state index in [4.69, 9.17) is 9.73 Å². The molecule has 4 heteroatoms. The van der Waals surface area contributed by atoms with Gasteiger partial charge in [-0.2, -0.15) is 0 Å². The number of aliphatic imine (C=N–C) groups is 1. The third kappa shape index (κ3) is 3.76. The topological polar surface area (TPSA) is 28.1 Å². The van der Waals surface area contributed by atoms with Crippen molar-refractivity contribution >= 4 is 5.96 Å². The van der Waals surface area contributed by atoms with Crippen LogP contribution in [0.25, 0.3) is 0 Å². The van der Waals surface area contributed by atoms with Gasteiger partial charge in [-0.1, -0.05) is 30.3 Å². The molecule has 0 amide bonds. The van der Waals surface area contributed by atoms with Gasteiger partial charge in [0.2, 0.25) is 0 Å². The van der Waals surface area contributed by atoms with Crippen LogP contribution in [-0.2, 0) is 10.2 Å². The summed E-state index contributed by atoms with van der Waals surface area (Å²) in [5.41, 5.74) is 1.49. The Hall–Kier alpha value is -1.55. The molecule has 1 aliphatic rings. The number of benzene rings is 1. The van der Waals surface area contributed by atoms with Gasteiger partial charge < -0.3 is 14.5 Å². The molecule has 0 N–H and O–H groups in total. The molecule has 1 aromatic rings. The fourth-order valence-corrected chi connectivity index (χ4v) is 3.00. The van der Waals surface area contributed by atoms with Crippen molar-refractivity contribution in [2.24, 2.45) is 4.99 Å². The molecule has 1 saturated heterocycles. The van der Waals surface area contributed by atoms with Crippen LogP contribution in [0.5, 0.6) is 0 Å². The fourth-order valence-electron chi connectivity index (χ4n) is 3.00. The van der Waals surface area contributed by atoms with Crippen molar-refractivity contribution in [3.05, 3.63) is 35.9 Å². The first-order valence-corrected chi connectivity index (χ1v) is 7.57. The summed E-state index contributed by atoms with van der Waals surface area (Å²) < 4.78 is 5.58. The van der Waals surface area contributed by atoms with Crippen LogP contribution in [0, 0.1) is 0 Å². The van der Waals surface area contributed by atoms with E-state index in [1.807, 2.05) is 28.2 Å². The van der Waals surface area contributed by atoms with Crippen molar-refractivity contribution in [1.29, 1.82) is 0 Å². The summed E-state index contributed by atoms with van der Waals surface area (Å²) in [6, 6.07) is 10.8. The second kappa shape index (κ2) is 6.94. The molecule has 0 saturated carbocycles. The lowest BCUT2D eigenvalue weighted by Crippen LogP contribution is -2.40. The van der Waals surface area contributed by atoms with Crippen molar-refractivity contribution in [1.82, 2.24) is 9.80 Å². The molecule has 1 aromatic carbocycles. The van der Waals surface area contributed by atoms with Gasteiger partial charge in [0.1, 0.15) is 0 Å². The summed E-state index contributed by atoms with van der Waals surface area (Å²) in [5, 5.41) is 0. The van der Waals surface area contributed by atoms with Crippen LogP contribution in [0.3, 0.4) is 0 Å². The molecule has 0 spiro atoms. The average molecular weight is 289 g/mol.